The molecule has 108 valence electrons. The Kier molecular flexibility index (Phi) is 5.36. The van der Waals surface area contributed by atoms with Crippen molar-refractivity contribution >= 4 is 12.0 Å². The Labute approximate surface area is 120 Å². The SMILES string of the molecule is CCC1CCCCN1Cc1ccccc1C=CC(=O)O. The summed E-state index contributed by atoms with van der Waals surface area (Å²) in [4.78, 5) is 13.2. The second-order valence-corrected chi connectivity index (χ2v) is 5.40. The van der Waals surface area contributed by atoms with Gasteiger partial charge >= 0.3 is 5.97 Å². The average Bonchev–Trinajstić information content (AvgIpc) is 2.47. The highest BCUT2D eigenvalue weighted by molar-refractivity contribution is 5.85. The third kappa shape index (κ3) is 3.94. The number of likely N-dealkylation sites (tertiary alicyclic amines) is 1. The normalized spacial score (nSPS) is 20.4. The van der Waals surface area contributed by atoms with E-state index in [2.05, 4.69) is 17.9 Å². The summed E-state index contributed by atoms with van der Waals surface area (Å²) in [6.07, 6.45) is 7.98. The number of carbonyl (C=O) groups is 1. The number of rotatable bonds is 5. The molecule has 1 fully saturated rings. The zero-order chi connectivity index (χ0) is 14.4. The largest absolute Gasteiger partial charge is 0.478 e. The summed E-state index contributed by atoms with van der Waals surface area (Å²) in [7, 11) is 0. The van der Waals surface area contributed by atoms with E-state index in [1.54, 1.807) is 6.08 Å². The first-order valence-electron chi connectivity index (χ1n) is 7.43. The van der Waals surface area contributed by atoms with Gasteiger partial charge in [0.05, 0.1) is 0 Å². The maximum absolute atomic E-state index is 10.7. The van der Waals surface area contributed by atoms with Gasteiger partial charge in [0.2, 0.25) is 0 Å². The molecule has 1 aliphatic heterocycles. The molecule has 1 unspecified atom stereocenters. The first-order chi connectivity index (χ1) is 9.70. The Morgan fingerprint density at radius 1 is 1.40 bits per heavy atom. The Hall–Kier alpha value is -1.61. The third-order valence-corrected chi connectivity index (χ3v) is 4.05. The predicted octanol–water partition coefficient (Wildman–Crippen LogP) is 3.55. The van der Waals surface area contributed by atoms with Crippen LogP contribution in [0.2, 0.25) is 0 Å². The first-order valence-corrected chi connectivity index (χ1v) is 7.43. The fraction of sp³-hybridized carbons (Fsp3) is 0.471. The van der Waals surface area contributed by atoms with Crippen LogP contribution in [0.1, 0.15) is 43.7 Å². The number of hydrogen-bond acceptors (Lipinski definition) is 2. The van der Waals surface area contributed by atoms with E-state index in [0.717, 1.165) is 18.7 Å². The number of carboxylic acids is 1. The van der Waals surface area contributed by atoms with Crippen LogP contribution in [-0.4, -0.2) is 28.6 Å². The summed E-state index contributed by atoms with van der Waals surface area (Å²) in [6, 6.07) is 8.74. The minimum atomic E-state index is -0.899. The van der Waals surface area contributed by atoms with E-state index in [0.29, 0.717) is 6.04 Å². The van der Waals surface area contributed by atoms with Crippen LogP contribution in [0.4, 0.5) is 0 Å². The summed E-state index contributed by atoms with van der Waals surface area (Å²) in [5.41, 5.74) is 2.22. The fourth-order valence-electron chi connectivity index (χ4n) is 2.95. The lowest BCUT2D eigenvalue weighted by Crippen LogP contribution is -2.38. The van der Waals surface area contributed by atoms with Crippen molar-refractivity contribution in [2.24, 2.45) is 0 Å². The van der Waals surface area contributed by atoms with Gasteiger partial charge in [-0.1, -0.05) is 37.6 Å². The van der Waals surface area contributed by atoms with Crippen LogP contribution in [0.5, 0.6) is 0 Å². The quantitative estimate of drug-likeness (QED) is 0.834. The van der Waals surface area contributed by atoms with Crippen molar-refractivity contribution in [3.63, 3.8) is 0 Å². The molecule has 1 atom stereocenters. The topological polar surface area (TPSA) is 40.5 Å². The van der Waals surface area contributed by atoms with Gasteiger partial charge in [-0.05, 0) is 43.0 Å². The van der Waals surface area contributed by atoms with Gasteiger partial charge in [0.1, 0.15) is 0 Å². The molecule has 1 heterocycles. The molecule has 0 saturated carbocycles. The highest BCUT2D eigenvalue weighted by Crippen LogP contribution is 2.23. The van der Waals surface area contributed by atoms with E-state index < -0.39 is 5.97 Å². The number of aliphatic carboxylic acids is 1. The monoisotopic (exact) mass is 273 g/mol. The second-order valence-electron chi connectivity index (χ2n) is 5.40. The lowest BCUT2D eigenvalue weighted by atomic mass is 9.98. The highest BCUT2D eigenvalue weighted by atomic mass is 16.4. The van der Waals surface area contributed by atoms with Gasteiger partial charge in [0, 0.05) is 18.7 Å². The summed E-state index contributed by atoms with van der Waals surface area (Å²) in [5.74, 6) is -0.899. The van der Waals surface area contributed by atoms with Crippen molar-refractivity contribution in [3.8, 4) is 0 Å². The van der Waals surface area contributed by atoms with E-state index in [9.17, 15) is 4.79 Å². The third-order valence-electron chi connectivity index (χ3n) is 4.05. The molecule has 0 aromatic heterocycles. The molecule has 2 rings (SSSR count). The molecule has 1 N–H and O–H groups in total. The number of benzene rings is 1. The van der Waals surface area contributed by atoms with Crippen molar-refractivity contribution in [2.75, 3.05) is 6.54 Å². The maximum Gasteiger partial charge on any atom is 0.328 e. The number of carboxylic acid groups (broad SMARTS) is 1. The lowest BCUT2D eigenvalue weighted by molar-refractivity contribution is -0.131. The highest BCUT2D eigenvalue weighted by Gasteiger charge is 2.21. The van der Waals surface area contributed by atoms with E-state index in [1.807, 2.05) is 18.2 Å². The molecule has 0 aliphatic carbocycles. The molecule has 0 bridgehead atoms. The Morgan fingerprint density at radius 3 is 2.95 bits per heavy atom. The van der Waals surface area contributed by atoms with E-state index in [4.69, 9.17) is 5.11 Å². The van der Waals surface area contributed by atoms with Gasteiger partial charge < -0.3 is 5.11 Å². The minimum Gasteiger partial charge on any atom is -0.478 e. The van der Waals surface area contributed by atoms with Crippen LogP contribution in [0.3, 0.4) is 0 Å². The van der Waals surface area contributed by atoms with Gasteiger partial charge in [-0.2, -0.15) is 0 Å². The number of nitrogens with zero attached hydrogens (tertiary/aromatic N) is 1. The van der Waals surface area contributed by atoms with Crippen LogP contribution >= 0.6 is 0 Å². The first kappa shape index (κ1) is 14.8. The second kappa shape index (κ2) is 7.25. The van der Waals surface area contributed by atoms with Crippen molar-refractivity contribution in [1.29, 1.82) is 0 Å². The van der Waals surface area contributed by atoms with Gasteiger partial charge in [0.15, 0.2) is 0 Å². The summed E-state index contributed by atoms with van der Waals surface area (Å²) in [6.45, 7) is 4.31. The minimum absolute atomic E-state index is 0.667. The van der Waals surface area contributed by atoms with Crippen molar-refractivity contribution in [3.05, 3.63) is 41.5 Å². The van der Waals surface area contributed by atoms with Gasteiger partial charge in [-0.15, -0.1) is 0 Å². The zero-order valence-electron chi connectivity index (χ0n) is 12.1. The molecule has 0 radical (unpaired) electrons. The molecule has 0 spiro atoms. The summed E-state index contributed by atoms with van der Waals surface area (Å²) >= 11 is 0. The van der Waals surface area contributed by atoms with Crippen molar-refractivity contribution in [2.45, 2.75) is 45.2 Å². The van der Waals surface area contributed by atoms with Crippen LogP contribution in [0, 0.1) is 0 Å². The van der Waals surface area contributed by atoms with Gasteiger partial charge in [-0.3, -0.25) is 4.90 Å². The Morgan fingerprint density at radius 2 is 2.20 bits per heavy atom. The van der Waals surface area contributed by atoms with Gasteiger partial charge in [-0.25, -0.2) is 4.79 Å². The molecular weight excluding hydrogens is 250 g/mol. The summed E-state index contributed by atoms with van der Waals surface area (Å²) < 4.78 is 0. The number of hydrogen-bond donors (Lipinski definition) is 1. The smallest absolute Gasteiger partial charge is 0.328 e. The molecule has 1 aromatic carbocycles. The molecule has 20 heavy (non-hydrogen) atoms. The maximum atomic E-state index is 10.7. The lowest BCUT2D eigenvalue weighted by Gasteiger charge is -2.35. The average molecular weight is 273 g/mol. The molecule has 0 amide bonds. The number of piperidine rings is 1. The Balaban J connectivity index is 2.13. The van der Waals surface area contributed by atoms with Crippen LogP contribution < -0.4 is 0 Å². The van der Waals surface area contributed by atoms with Crippen molar-refractivity contribution in [1.82, 2.24) is 4.90 Å². The Bertz CT molecular complexity index is 482. The van der Waals surface area contributed by atoms with Gasteiger partial charge in [0.25, 0.3) is 0 Å². The van der Waals surface area contributed by atoms with Crippen LogP contribution in [0.15, 0.2) is 30.3 Å². The zero-order valence-corrected chi connectivity index (χ0v) is 12.1. The van der Waals surface area contributed by atoms with E-state index >= 15 is 0 Å². The molecule has 1 aromatic rings. The summed E-state index contributed by atoms with van der Waals surface area (Å²) in [5, 5.41) is 8.77. The fourth-order valence-corrected chi connectivity index (χ4v) is 2.95. The molecule has 3 nitrogen and oxygen atoms in total. The standard InChI is InChI=1S/C17H23NO2/c1-2-16-9-5-6-12-18(16)13-15-8-4-3-7-14(15)10-11-17(19)20/h3-4,7-8,10-11,16H,2,5-6,9,12-13H2,1H3,(H,19,20). The van der Waals surface area contributed by atoms with Crippen LogP contribution in [0.25, 0.3) is 6.08 Å². The predicted molar refractivity (Wildman–Crippen MR) is 81.5 cm³/mol. The molecule has 3 heteroatoms. The van der Waals surface area contributed by atoms with Crippen molar-refractivity contribution < 1.29 is 9.90 Å². The van der Waals surface area contributed by atoms with E-state index in [-0.39, 0.29) is 0 Å². The molecule has 1 aliphatic rings. The van der Waals surface area contributed by atoms with E-state index in [1.165, 1.54) is 37.3 Å². The molecule has 1 saturated heterocycles. The van der Waals surface area contributed by atoms with Crippen LogP contribution in [-0.2, 0) is 11.3 Å². The molecular formula is C17H23NO2.